The Balaban J connectivity index is 1.51. The number of hydrogen-bond donors (Lipinski definition) is 3. The van der Waals surface area contributed by atoms with Crippen LogP contribution < -0.4 is 15.2 Å². The summed E-state index contributed by atoms with van der Waals surface area (Å²) in [7, 11) is -3.37. The molecule has 7 nitrogen and oxygen atoms in total. The molecule has 1 aromatic heterocycles. The highest BCUT2D eigenvalue weighted by atomic mass is 32.2. The second kappa shape index (κ2) is 10.3. The lowest BCUT2D eigenvalue weighted by Gasteiger charge is -2.07. The predicted octanol–water partition coefficient (Wildman–Crippen LogP) is 3.40. The lowest BCUT2D eigenvalue weighted by Crippen LogP contribution is -2.22. The van der Waals surface area contributed by atoms with Crippen LogP contribution in [0.3, 0.4) is 0 Å². The van der Waals surface area contributed by atoms with E-state index in [-0.39, 0.29) is 5.75 Å². The normalized spacial score (nSPS) is 11.1. The number of fused-ring (bicyclic) bond motifs is 1. The fourth-order valence-electron chi connectivity index (χ4n) is 2.79. The third kappa shape index (κ3) is 6.72. The topological polar surface area (TPSA) is 115 Å². The summed E-state index contributed by atoms with van der Waals surface area (Å²) in [5, 5.41) is 11.4. The highest BCUT2D eigenvalue weighted by Gasteiger charge is 2.07. The number of nitrogen functional groups attached to an aromatic ring is 1. The summed E-state index contributed by atoms with van der Waals surface area (Å²) in [6.07, 6.45) is 1.92. The van der Waals surface area contributed by atoms with Gasteiger partial charge in [-0.25, -0.2) is 18.1 Å². The first-order valence-electron chi connectivity index (χ1n) is 9.58. The second-order valence-electron chi connectivity index (χ2n) is 6.68. The molecule has 0 aliphatic carbocycles. The molecule has 0 atom stereocenters. The summed E-state index contributed by atoms with van der Waals surface area (Å²) in [6, 6.07) is 11.1. The number of hydrogen-bond acceptors (Lipinski definition) is 7. The molecular formula is C22H23N3O4S2. The van der Waals surface area contributed by atoms with E-state index in [1.807, 2.05) is 30.3 Å². The minimum absolute atomic E-state index is 0.0717. The number of sulfonamides is 1. The fourth-order valence-corrected chi connectivity index (χ4v) is 4.13. The summed E-state index contributed by atoms with van der Waals surface area (Å²) >= 11 is 1.31. The summed E-state index contributed by atoms with van der Waals surface area (Å²) in [5.41, 5.74) is 7.91. The number of phenolic OH excluding ortho intramolecular Hbond substituents is 1. The van der Waals surface area contributed by atoms with Gasteiger partial charge in [0.1, 0.15) is 17.0 Å². The lowest BCUT2D eigenvalue weighted by atomic mass is 10.1. The number of nitrogens with one attached hydrogen (secondary N) is 1. The van der Waals surface area contributed by atoms with Gasteiger partial charge in [-0.05, 0) is 42.7 Å². The first-order chi connectivity index (χ1) is 14.9. The first kappa shape index (κ1) is 22.6. The molecule has 0 spiro atoms. The summed E-state index contributed by atoms with van der Waals surface area (Å²) < 4.78 is 31.5. The molecule has 0 radical (unpaired) electrons. The summed E-state index contributed by atoms with van der Waals surface area (Å²) in [4.78, 5) is 4.10. The van der Waals surface area contributed by atoms with Gasteiger partial charge < -0.3 is 15.6 Å². The van der Waals surface area contributed by atoms with Crippen molar-refractivity contribution < 1.29 is 18.3 Å². The Labute approximate surface area is 185 Å². The number of ether oxygens (including phenoxy) is 1. The van der Waals surface area contributed by atoms with Gasteiger partial charge in [-0.15, -0.1) is 0 Å². The van der Waals surface area contributed by atoms with Crippen molar-refractivity contribution in [1.82, 2.24) is 9.71 Å². The van der Waals surface area contributed by atoms with Crippen LogP contribution in [0.2, 0.25) is 0 Å². The zero-order valence-electron chi connectivity index (χ0n) is 16.8. The number of anilines is 1. The van der Waals surface area contributed by atoms with Crippen molar-refractivity contribution in [2.24, 2.45) is 0 Å². The minimum Gasteiger partial charge on any atom is -0.506 e. The van der Waals surface area contributed by atoms with Crippen LogP contribution in [0.1, 0.15) is 24.0 Å². The number of benzene rings is 2. The average molecular weight is 458 g/mol. The zero-order chi connectivity index (χ0) is 22.3. The SMILES string of the molecule is C=CS(=O)(=O)NCCCCOc1cccc(CC#Cc2cc(O)c3nc(N)sc3c2)c1. The van der Waals surface area contributed by atoms with Gasteiger partial charge in [0.25, 0.3) is 0 Å². The maximum atomic E-state index is 11.3. The second-order valence-corrected chi connectivity index (χ2v) is 9.46. The van der Waals surface area contributed by atoms with Crippen molar-refractivity contribution in [3.8, 4) is 23.3 Å². The van der Waals surface area contributed by atoms with Crippen LogP contribution in [0, 0.1) is 11.8 Å². The monoisotopic (exact) mass is 457 g/mol. The van der Waals surface area contributed by atoms with E-state index in [1.165, 1.54) is 11.3 Å². The minimum atomic E-state index is -3.37. The molecule has 2 aromatic carbocycles. The smallest absolute Gasteiger partial charge is 0.233 e. The fraction of sp³-hybridized carbons (Fsp3) is 0.227. The molecule has 162 valence electrons. The van der Waals surface area contributed by atoms with Crippen molar-refractivity contribution in [1.29, 1.82) is 0 Å². The number of nitrogens with zero attached hydrogens (tertiary/aromatic N) is 1. The molecule has 0 amide bonds. The van der Waals surface area contributed by atoms with E-state index in [9.17, 15) is 13.5 Å². The number of unbranched alkanes of at least 4 members (excludes halogenated alkanes) is 1. The van der Waals surface area contributed by atoms with Crippen LogP contribution in [0.5, 0.6) is 11.5 Å². The number of aromatic nitrogens is 1. The van der Waals surface area contributed by atoms with Gasteiger partial charge in [0.15, 0.2) is 5.13 Å². The molecule has 4 N–H and O–H groups in total. The van der Waals surface area contributed by atoms with Gasteiger partial charge in [0, 0.05) is 23.9 Å². The molecule has 3 rings (SSSR count). The Morgan fingerprint density at radius 1 is 1.29 bits per heavy atom. The van der Waals surface area contributed by atoms with E-state index in [2.05, 4.69) is 28.1 Å². The van der Waals surface area contributed by atoms with E-state index in [0.717, 1.165) is 27.8 Å². The van der Waals surface area contributed by atoms with Gasteiger partial charge >= 0.3 is 0 Å². The van der Waals surface area contributed by atoms with E-state index < -0.39 is 10.0 Å². The quantitative estimate of drug-likeness (QED) is 0.335. The van der Waals surface area contributed by atoms with Gasteiger partial charge in [0.05, 0.1) is 11.3 Å². The van der Waals surface area contributed by atoms with Crippen LogP contribution in [0.4, 0.5) is 5.13 Å². The first-order valence-corrected chi connectivity index (χ1v) is 11.9. The molecule has 0 fully saturated rings. The lowest BCUT2D eigenvalue weighted by molar-refractivity contribution is 0.307. The standard InChI is InChI=1S/C22H23N3O4S2/c1-2-31(27,28)24-11-3-4-12-29-18-10-6-8-16(13-18)7-5-9-17-14-19(26)21-20(15-17)30-22(23)25-21/h2,6,8,10,13-15,24,26H,1,3-4,7,11-12H2,(H2,23,25). The maximum Gasteiger partial charge on any atom is 0.233 e. The van der Waals surface area contributed by atoms with Gasteiger partial charge in [-0.3, -0.25) is 0 Å². The maximum absolute atomic E-state index is 11.3. The highest BCUT2D eigenvalue weighted by Crippen LogP contribution is 2.31. The number of aromatic hydroxyl groups is 1. The molecule has 0 bridgehead atoms. The van der Waals surface area contributed by atoms with Crippen LogP contribution in [0.25, 0.3) is 10.2 Å². The van der Waals surface area contributed by atoms with Gasteiger partial charge in [-0.2, -0.15) is 0 Å². The van der Waals surface area contributed by atoms with Gasteiger partial charge in [-0.1, -0.05) is 41.9 Å². The van der Waals surface area contributed by atoms with Crippen LogP contribution in [-0.4, -0.2) is 31.7 Å². The van der Waals surface area contributed by atoms with Crippen molar-refractivity contribution in [3.05, 3.63) is 59.5 Å². The third-order valence-corrected chi connectivity index (χ3v) is 6.15. The van der Waals surface area contributed by atoms with E-state index >= 15 is 0 Å². The average Bonchev–Trinajstić information content (AvgIpc) is 3.12. The van der Waals surface area contributed by atoms with Crippen LogP contribution in [0.15, 0.2) is 48.4 Å². The molecule has 9 heteroatoms. The van der Waals surface area contributed by atoms with Crippen molar-refractivity contribution >= 4 is 36.7 Å². The molecule has 1 heterocycles. The molecule has 0 aliphatic rings. The number of phenols is 1. The van der Waals surface area contributed by atoms with E-state index in [1.54, 1.807) is 6.07 Å². The molecule has 0 unspecified atom stereocenters. The van der Waals surface area contributed by atoms with Crippen molar-refractivity contribution in [2.75, 3.05) is 18.9 Å². The predicted molar refractivity (Wildman–Crippen MR) is 125 cm³/mol. The highest BCUT2D eigenvalue weighted by molar-refractivity contribution is 7.92. The number of rotatable bonds is 9. The zero-order valence-corrected chi connectivity index (χ0v) is 18.4. The summed E-state index contributed by atoms with van der Waals surface area (Å²) in [5.74, 6) is 6.99. The molecular weight excluding hydrogens is 434 g/mol. The van der Waals surface area contributed by atoms with Crippen molar-refractivity contribution in [3.63, 3.8) is 0 Å². The summed E-state index contributed by atoms with van der Waals surface area (Å²) in [6.45, 7) is 4.09. The largest absolute Gasteiger partial charge is 0.506 e. The Morgan fingerprint density at radius 3 is 2.94 bits per heavy atom. The Kier molecular flexibility index (Phi) is 7.52. The third-order valence-electron chi connectivity index (χ3n) is 4.28. The van der Waals surface area contributed by atoms with E-state index in [4.69, 9.17) is 10.5 Å². The molecule has 31 heavy (non-hydrogen) atoms. The van der Waals surface area contributed by atoms with E-state index in [0.29, 0.717) is 42.2 Å². The molecule has 0 saturated heterocycles. The molecule has 3 aromatic rings. The number of thiazole rings is 1. The van der Waals surface area contributed by atoms with Crippen molar-refractivity contribution in [2.45, 2.75) is 19.3 Å². The molecule has 0 aliphatic heterocycles. The Bertz CT molecular complexity index is 1240. The number of nitrogens with two attached hydrogens (primary N) is 1. The molecule has 0 saturated carbocycles. The Morgan fingerprint density at radius 2 is 2.13 bits per heavy atom. The van der Waals surface area contributed by atoms with Crippen LogP contribution >= 0.6 is 11.3 Å². The van der Waals surface area contributed by atoms with Gasteiger partial charge in [0.2, 0.25) is 10.0 Å². The Hall–Kier alpha value is -3.06. The van der Waals surface area contributed by atoms with Crippen LogP contribution in [-0.2, 0) is 16.4 Å².